The van der Waals surface area contributed by atoms with E-state index in [4.69, 9.17) is 0 Å². The number of benzene rings is 2. The average molecular weight is 362 g/mol. The molecule has 0 aromatic heterocycles. The van der Waals surface area contributed by atoms with Crippen molar-refractivity contribution in [1.29, 1.82) is 0 Å². The molecular weight excluding hydrogens is 336 g/mol. The Morgan fingerprint density at radius 2 is 1.07 bits per heavy atom. The summed E-state index contributed by atoms with van der Waals surface area (Å²) in [6.07, 6.45) is 3.41. The molecule has 140 valence electrons. The van der Waals surface area contributed by atoms with E-state index in [1.54, 1.807) is 12.2 Å². The molecule has 0 atom stereocenters. The Hall–Kier alpha value is -2.80. The van der Waals surface area contributed by atoms with Crippen LogP contribution >= 0.6 is 0 Å². The molecule has 2 rings (SSSR count). The molecule has 2 aromatic carbocycles. The van der Waals surface area contributed by atoms with Gasteiger partial charge in [-0.1, -0.05) is 71.9 Å². The first-order valence-corrected chi connectivity index (χ1v) is 9.29. The van der Waals surface area contributed by atoms with Gasteiger partial charge in [0.05, 0.1) is 11.4 Å². The third-order valence-electron chi connectivity index (χ3n) is 4.67. The molecule has 0 aliphatic rings. The number of isocyanates is 2. The Morgan fingerprint density at radius 1 is 0.667 bits per heavy atom. The first-order valence-electron chi connectivity index (χ1n) is 9.29. The maximum atomic E-state index is 11.3. The van der Waals surface area contributed by atoms with Crippen LogP contribution in [0.15, 0.2) is 40.3 Å². The molecule has 0 fully saturated rings. The maximum Gasteiger partial charge on any atom is 0.240 e. The summed E-state index contributed by atoms with van der Waals surface area (Å²) in [5, 5.41) is 0. The van der Waals surface area contributed by atoms with Crippen molar-refractivity contribution in [1.82, 2.24) is 0 Å². The van der Waals surface area contributed by atoms with E-state index in [0.29, 0.717) is 11.4 Å². The summed E-state index contributed by atoms with van der Waals surface area (Å²) in [7, 11) is 0. The third-order valence-corrected chi connectivity index (χ3v) is 4.67. The summed E-state index contributed by atoms with van der Waals surface area (Å²) in [5.41, 5.74) is 5.94. The molecule has 0 amide bonds. The molecule has 0 bridgehead atoms. The van der Waals surface area contributed by atoms with Crippen LogP contribution in [0.2, 0.25) is 0 Å². The van der Waals surface area contributed by atoms with Crippen LogP contribution in [0, 0.1) is 0 Å². The van der Waals surface area contributed by atoms with Crippen LogP contribution in [-0.4, -0.2) is 12.2 Å². The van der Waals surface area contributed by atoms with E-state index < -0.39 is 0 Å². The number of carbonyl (C=O) groups excluding carboxylic acids is 2. The van der Waals surface area contributed by atoms with Gasteiger partial charge in [0.15, 0.2) is 0 Å². The molecular formula is C23H26N2O2. The average Bonchev–Trinajstić information content (AvgIpc) is 2.61. The molecule has 0 N–H and O–H groups in total. The van der Waals surface area contributed by atoms with E-state index >= 15 is 0 Å². The summed E-state index contributed by atoms with van der Waals surface area (Å²) >= 11 is 0. The minimum absolute atomic E-state index is 0.0315. The lowest BCUT2D eigenvalue weighted by Gasteiger charge is -2.27. The van der Waals surface area contributed by atoms with Gasteiger partial charge >= 0.3 is 0 Å². The van der Waals surface area contributed by atoms with Crippen LogP contribution in [0.4, 0.5) is 11.4 Å². The molecule has 4 nitrogen and oxygen atoms in total. The van der Waals surface area contributed by atoms with Crippen LogP contribution in [-0.2, 0) is 9.59 Å². The van der Waals surface area contributed by atoms with Gasteiger partial charge in [0.2, 0.25) is 12.2 Å². The van der Waals surface area contributed by atoms with E-state index in [9.17, 15) is 9.59 Å². The molecule has 0 saturated heterocycles. The molecule has 0 heterocycles. The zero-order chi connectivity index (χ0) is 20.1. The minimum atomic E-state index is 0.0315. The molecule has 27 heavy (non-hydrogen) atoms. The molecule has 0 aliphatic heterocycles. The Morgan fingerprint density at radius 3 is 1.41 bits per heavy atom. The fourth-order valence-electron chi connectivity index (χ4n) is 3.70. The maximum absolute atomic E-state index is 11.3. The van der Waals surface area contributed by atoms with Crippen molar-refractivity contribution in [2.75, 3.05) is 0 Å². The quantitative estimate of drug-likeness (QED) is 0.426. The van der Waals surface area contributed by atoms with Gasteiger partial charge in [-0.25, -0.2) is 9.59 Å². The fourth-order valence-corrected chi connectivity index (χ4v) is 3.70. The fraction of sp³-hybridized carbons (Fsp3) is 0.391. The van der Waals surface area contributed by atoms with Gasteiger partial charge in [-0.2, -0.15) is 9.98 Å². The normalized spacial score (nSPS) is 10.9. The lowest BCUT2D eigenvalue weighted by atomic mass is 9.78. The zero-order valence-electron chi connectivity index (χ0n) is 16.8. The number of hydrogen-bond donors (Lipinski definition) is 0. The van der Waals surface area contributed by atoms with Crippen molar-refractivity contribution in [2.24, 2.45) is 9.98 Å². The number of aliphatic imine (C=N–C) groups is 2. The largest absolute Gasteiger partial charge is 0.240 e. The first-order chi connectivity index (χ1) is 12.8. The molecule has 0 spiro atoms. The number of rotatable bonds is 6. The predicted molar refractivity (Wildman–Crippen MR) is 110 cm³/mol. The zero-order valence-corrected chi connectivity index (χ0v) is 16.8. The highest BCUT2D eigenvalue weighted by Crippen LogP contribution is 2.51. The van der Waals surface area contributed by atoms with Crippen molar-refractivity contribution in [2.45, 2.75) is 59.3 Å². The smallest absolute Gasteiger partial charge is 0.211 e. The topological polar surface area (TPSA) is 58.9 Å². The lowest BCUT2D eigenvalue weighted by Crippen LogP contribution is -2.06. The second-order valence-corrected chi connectivity index (χ2v) is 7.55. The van der Waals surface area contributed by atoms with Crippen molar-refractivity contribution >= 4 is 23.5 Å². The van der Waals surface area contributed by atoms with Gasteiger partial charge in [-0.15, -0.1) is 0 Å². The highest BCUT2D eigenvalue weighted by Gasteiger charge is 2.28. The van der Waals surface area contributed by atoms with E-state index in [1.165, 1.54) is 0 Å². The molecule has 4 heteroatoms. The van der Waals surface area contributed by atoms with Crippen LogP contribution in [0.5, 0.6) is 0 Å². The van der Waals surface area contributed by atoms with Crippen LogP contribution in [0.3, 0.4) is 0 Å². The standard InChI is InChI=1S/C23H26N2O2/c1-14(2)18-21(17-10-8-7-9-11-17)19(15(3)4)23(25-13-27)20(16(5)6)22(18)24-12-26/h7-11,14-16H,1-6H3. The van der Waals surface area contributed by atoms with Crippen molar-refractivity contribution < 1.29 is 9.59 Å². The summed E-state index contributed by atoms with van der Waals surface area (Å²) in [4.78, 5) is 30.7. The van der Waals surface area contributed by atoms with E-state index in [0.717, 1.165) is 27.8 Å². The van der Waals surface area contributed by atoms with Gasteiger partial charge in [0, 0.05) is 5.56 Å². The minimum Gasteiger partial charge on any atom is -0.211 e. The Kier molecular flexibility index (Phi) is 6.63. The molecule has 2 aromatic rings. The van der Waals surface area contributed by atoms with Gasteiger partial charge in [-0.05, 0) is 40.0 Å². The van der Waals surface area contributed by atoms with E-state index in [-0.39, 0.29) is 17.8 Å². The number of hydrogen-bond acceptors (Lipinski definition) is 4. The second kappa shape index (κ2) is 8.73. The Labute approximate surface area is 161 Å². The molecule has 0 aliphatic carbocycles. The monoisotopic (exact) mass is 362 g/mol. The second-order valence-electron chi connectivity index (χ2n) is 7.55. The van der Waals surface area contributed by atoms with Gasteiger partial charge in [0.1, 0.15) is 0 Å². The summed E-state index contributed by atoms with van der Waals surface area (Å²) in [5.74, 6) is 0.275. The Balaban J connectivity index is 3.23. The van der Waals surface area contributed by atoms with Gasteiger partial charge in [0.25, 0.3) is 0 Å². The Bertz CT molecular complexity index is 864. The summed E-state index contributed by atoms with van der Waals surface area (Å²) in [6, 6.07) is 9.98. The SMILES string of the molecule is CC(C)c1c(N=C=O)c(C(C)C)c(-c2ccccc2)c(C(C)C)c1N=C=O. The van der Waals surface area contributed by atoms with Gasteiger partial charge in [-0.3, -0.25) is 0 Å². The first kappa shape index (κ1) is 20.5. The molecule has 0 saturated carbocycles. The van der Waals surface area contributed by atoms with E-state index in [1.807, 2.05) is 44.2 Å². The predicted octanol–water partition coefficient (Wildman–Crippen LogP) is 6.66. The highest BCUT2D eigenvalue weighted by atomic mass is 16.1. The number of nitrogens with zero attached hydrogens (tertiary/aromatic N) is 2. The highest BCUT2D eigenvalue weighted by molar-refractivity contribution is 5.87. The van der Waals surface area contributed by atoms with E-state index in [2.05, 4.69) is 37.7 Å². The van der Waals surface area contributed by atoms with Crippen LogP contribution < -0.4 is 0 Å². The molecule has 0 radical (unpaired) electrons. The van der Waals surface area contributed by atoms with Crippen LogP contribution in [0.25, 0.3) is 11.1 Å². The van der Waals surface area contributed by atoms with Crippen molar-refractivity contribution in [3.8, 4) is 11.1 Å². The van der Waals surface area contributed by atoms with Crippen LogP contribution in [0.1, 0.15) is 76.0 Å². The lowest BCUT2D eigenvalue weighted by molar-refractivity contribution is 0.564. The third kappa shape index (κ3) is 3.98. The van der Waals surface area contributed by atoms with Gasteiger partial charge < -0.3 is 0 Å². The van der Waals surface area contributed by atoms with Crippen molar-refractivity contribution in [3.05, 3.63) is 47.0 Å². The molecule has 0 unspecified atom stereocenters. The summed E-state index contributed by atoms with van der Waals surface area (Å²) in [6.45, 7) is 12.4. The summed E-state index contributed by atoms with van der Waals surface area (Å²) < 4.78 is 0. The van der Waals surface area contributed by atoms with Crippen molar-refractivity contribution in [3.63, 3.8) is 0 Å².